The summed E-state index contributed by atoms with van der Waals surface area (Å²) in [6.07, 6.45) is 1.77. The molecule has 0 aliphatic heterocycles. The fourth-order valence-electron chi connectivity index (χ4n) is 0.899. The van der Waals surface area contributed by atoms with E-state index in [2.05, 4.69) is 20.1 Å². The zero-order valence-electron chi connectivity index (χ0n) is 7.27. The molecule has 0 spiro atoms. The Morgan fingerprint density at radius 1 is 1.45 bits per heavy atom. The summed E-state index contributed by atoms with van der Waals surface area (Å²) in [7, 11) is 0. The van der Waals surface area contributed by atoms with Crippen LogP contribution < -0.4 is 0 Å². The summed E-state index contributed by atoms with van der Waals surface area (Å²) in [5, 5.41) is 0. The van der Waals surface area contributed by atoms with Crippen LogP contribution >= 0.6 is 16.3 Å². The Kier molecular flexibility index (Phi) is 3.79. The Morgan fingerprint density at radius 3 is 2.00 bits per heavy atom. The fraction of sp³-hybridized carbons (Fsp3) is 0.625. The molecule has 0 aromatic carbocycles. The van der Waals surface area contributed by atoms with Gasteiger partial charge in [0.25, 0.3) is 0 Å². The van der Waals surface area contributed by atoms with Crippen LogP contribution in [0.2, 0.25) is 0 Å². The Balaban J connectivity index is 4.58. The first-order valence-corrected chi connectivity index (χ1v) is 4.08. The minimum Gasteiger partial charge on any atom is -0.380 e. The van der Waals surface area contributed by atoms with E-state index >= 15 is 0 Å². The van der Waals surface area contributed by atoms with Crippen molar-refractivity contribution in [1.82, 2.24) is 0 Å². The molecule has 0 fully saturated rings. The average molecular weight is 221 g/mol. The zero-order chi connectivity index (χ0) is 9.07. The smallest absolute Gasteiger partial charge is 0.345 e. The highest BCUT2D eigenvalue weighted by Gasteiger charge is 2.23. The number of carbonyl (C=O) groups is 1. The number of hydrogen-bond acceptors (Lipinski definition) is 2. The summed E-state index contributed by atoms with van der Waals surface area (Å²) in [5.74, 6) is -0.319. The van der Waals surface area contributed by atoms with Gasteiger partial charge < -0.3 is 3.83 Å². The van der Waals surface area contributed by atoms with Crippen molar-refractivity contribution in [3.05, 3.63) is 11.6 Å². The second-order valence-corrected chi connectivity index (χ2v) is 3.64. The van der Waals surface area contributed by atoms with E-state index in [1.54, 1.807) is 6.08 Å². The third-order valence-corrected chi connectivity index (χ3v) is 1.68. The molecule has 0 aromatic heterocycles. The van der Waals surface area contributed by atoms with Crippen LogP contribution in [0.3, 0.4) is 0 Å². The number of rotatable bonds is 1. The molecule has 0 radical (unpaired) electrons. The maximum Gasteiger partial charge on any atom is 0.345 e. The predicted octanol–water partition coefficient (Wildman–Crippen LogP) is 2.83. The molecule has 0 bridgehead atoms. The largest absolute Gasteiger partial charge is 0.380 e. The van der Waals surface area contributed by atoms with E-state index in [9.17, 15) is 4.79 Å². The van der Waals surface area contributed by atoms with Gasteiger partial charge in [-0.15, -0.1) is 0 Å². The average Bonchev–Trinajstić information content (AvgIpc) is 1.86. The topological polar surface area (TPSA) is 26.3 Å². The molecule has 0 saturated carbocycles. The van der Waals surface area contributed by atoms with E-state index in [1.165, 1.54) is 0 Å². The molecule has 0 atom stereocenters. The van der Waals surface area contributed by atoms with E-state index < -0.39 is 0 Å². The molecule has 0 rings (SSSR count). The molecule has 0 aliphatic rings. The van der Waals surface area contributed by atoms with Gasteiger partial charge in [-0.1, -0.05) is 26.8 Å². The molecule has 0 saturated heterocycles. The van der Waals surface area contributed by atoms with E-state index in [1.807, 2.05) is 27.7 Å². The molecule has 0 unspecified atom stereocenters. The maximum absolute atomic E-state index is 11.1. The van der Waals surface area contributed by atoms with Gasteiger partial charge in [-0.2, -0.15) is 0 Å². The first-order valence-electron chi connectivity index (χ1n) is 3.43. The lowest BCUT2D eigenvalue weighted by molar-refractivity contribution is -0.129. The van der Waals surface area contributed by atoms with Crippen molar-refractivity contribution in [2.24, 2.45) is 5.41 Å². The van der Waals surface area contributed by atoms with Gasteiger partial charge in [0.15, 0.2) is 16.3 Å². The highest BCUT2D eigenvalue weighted by Crippen LogP contribution is 2.26. The second-order valence-electron chi connectivity index (χ2n) is 3.32. The lowest BCUT2D eigenvalue weighted by Crippen LogP contribution is -2.17. The standard InChI is InChI=1S/C8H13BrO2/c1-5-6(7(10)11-9)8(2,3)4/h5H,1-4H3. The number of halogens is 1. The van der Waals surface area contributed by atoms with Crippen LogP contribution in [0.25, 0.3) is 0 Å². The summed E-state index contributed by atoms with van der Waals surface area (Å²) in [5.41, 5.74) is 0.522. The molecule has 2 nitrogen and oxygen atoms in total. The van der Waals surface area contributed by atoms with Crippen molar-refractivity contribution >= 4 is 22.2 Å². The van der Waals surface area contributed by atoms with Crippen LogP contribution in [0.5, 0.6) is 0 Å². The Bertz CT molecular complexity index is 177. The third kappa shape index (κ3) is 3.06. The quantitative estimate of drug-likeness (QED) is 0.636. The first kappa shape index (κ1) is 10.7. The normalized spacial score (nSPS) is 13.0. The van der Waals surface area contributed by atoms with Crippen LogP contribution in [0, 0.1) is 5.41 Å². The van der Waals surface area contributed by atoms with Gasteiger partial charge in [-0.05, 0) is 12.3 Å². The Hall–Kier alpha value is -0.310. The van der Waals surface area contributed by atoms with Gasteiger partial charge in [0, 0.05) is 5.57 Å². The summed E-state index contributed by atoms with van der Waals surface area (Å²) >= 11 is 2.66. The van der Waals surface area contributed by atoms with Gasteiger partial charge in [-0.25, -0.2) is 4.79 Å². The molecule has 11 heavy (non-hydrogen) atoms. The van der Waals surface area contributed by atoms with Gasteiger partial charge in [0.2, 0.25) is 0 Å². The van der Waals surface area contributed by atoms with Crippen molar-refractivity contribution in [2.45, 2.75) is 27.7 Å². The fourth-order valence-corrected chi connectivity index (χ4v) is 1.07. The molecule has 64 valence electrons. The second kappa shape index (κ2) is 3.90. The van der Waals surface area contributed by atoms with Crippen LogP contribution in [-0.2, 0) is 8.62 Å². The lowest BCUT2D eigenvalue weighted by Gasteiger charge is -2.19. The van der Waals surface area contributed by atoms with E-state index in [-0.39, 0.29) is 11.4 Å². The summed E-state index contributed by atoms with van der Waals surface area (Å²) in [4.78, 5) is 11.1. The molecular weight excluding hydrogens is 208 g/mol. The minimum absolute atomic E-state index is 0.153. The van der Waals surface area contributed by atoms with Gasteiger partial charge >= 0.3 is 5.97 Å². The van der Waals surface area contributed by atoms with Gasteiger partial charge in [0.05, 0.1) is 0 Å². The van der Waals surface area contributed by atoms with Crippen LogP contribution in [0.4, 0.5) is 0 Å². The molecule has 0 aromatic rings. The van der Waals surface area contributed by atoms with Crippen molar-refractivity contribution in [2.75, 3.05) is 0 Å². The van der Waals surface area contributed by atoms with Crippen molar-refractivity contribution in [3.63, 3.8) is 0 Å². The van der Waals surface area contributed by atoms with Crippen molar-refractivity contribution < 1.29 is 8.62 Å². The lowest BCUT2D eigenvalue weighted by atomic mass is 9.86. The SMILES string of the molecule is CC=C(C(=O)OBr)C(C)(C)C. The summed E-state index contributed by atoms with van der Waals surface area (Å²) in [6.45, 7) is 7.72. The van der Waals surface area contributed by atoms with Crippen LogP contribution in [0.1, 0.15) is 27.7 Å². The third-order valence-electron chi connectivity index (χ3n) is 1.39. The Labute approximate surface area is 76.1 Å². The Morgan fingerprint density at radius 2 is 1.91 bits per heavy atom. The van der Waals surface area contributed by atoms with Crippen molar-refractivity contribution in [3.8, 4) is 0 Å². The van der Waals surface area contributed by atoms with E-state index in [4.69, 9.17) is 0 Å². The summed E-state index contributed by atoms with van der Waals surface area (Å²) in [6, 6.07) is 0. The highest BCUT2D eigenvalue weighted by atomic mass is 79.9. The van der Waals surface area contributed by atoms with Crippen LogP contribution in [-0.4, -0.2) is 5.97 Å². The molecule has 0 amide bonds. The van der Waals surface area contributed by atoms with Gasteiger partial charge in [-0.3, -0.25) is 0 Å². The molecule has 0 heterocycles. The molecule has 3 heteroatoms. The number of carbonyl (C=O) groups excluding carboxylic acids is 1. The molecule has 0 aliphatic carbocycles. The van der Waals surface area contributed by atoms with Gasteiger partial charge in [0.1, 0.15) is 0 Å². The molecule has 0 N–H and O–H groups in total. The number of allylic oxidation sites excluding steroid dienone is 1. The van der Waals surface area contributed by atoms with E-state index in [0.29, 0.717) is 5.57 Å². The van der Waals surface area contributed by atoms with Crippen molar-refractivity contribution in [1.29, 1.82) is 0 Å². The predicted molar refractivity (Wildman–Crippen MR) is 48.2 cm³/mol. The first-order chi connectivity index (χ1) is 4.93. The minimum atomic E-state index is -0.319. The monoisotopic (exact) mass is 220 g/mol. The maximum atomic E-state index is 11.1. The summed E-state index contributed by atoms with van der Waals surface area (Å²) < 4.78 is 4.44. The molecular formula is C8H13BrO2. The number of hydrogen-bond donors (Lipinski definition) is 0. The zero-order valence-corrected chi connectivity index (χ0v) is 8.86. The van der Waals surface area contributed by atoms with Crippen LogP contribution in [0.15, 0.2) is 11.6 Å². The van der Waals surface area contributed by atoms with E-state index in [0.717, 1.165) is 0 Å². The highest BCUT2D eigenvalue weighted by molar-refractivity contribution is 9.06.